The topological polar surface area (TPSA) is 77.9 Å². The first kappa shape index (κ1) is 17.2. The number of carbonyl (C=O) groups is 1. The molecule has 1 N–H and O–H groups in total. The molecule has 0 saturated carbocycles. The van der Waals surface area contributed by atoms with Crippen molar-refractivity contribution in [3.63, 3.8) is 0 Å². The van der Waals surface area contributed by atoms with Crippen molar-refractivity contribution in [2.24, 2.45) is 0 Å². The van der Waals surface area contributed by atoms with E-state index in [1.165, 1.54) is 10.4 Å². The van der Waals surface area contributed by atoms with Gasteiger partial charge in [-0.3, -0.25) is 4.79 Å². The summed E-state index contributed by atoms with van der Waals surface area (Å²) in [5.41, 5.74) is 0. The molecule has 0 unspecified atom stereocenters. The Kier molecular flexibility index (Phi) is 5.80. The largest absolute Gasteiger partial charge is 0.481 e. The molecule has 22 heavy (non-hydrogen) atoms. The molecule has 0 bridgehead atoms. The predicted octanol–water partition coefficient (Wildman–Crippen LogP) is 1.51. The quantitative estimate of drug-likeness (QED) is 0.844. The summed E-state index contributed by atoms with van der Waals surface area (Å²) in [6.07, 6.45) is 0.713. The molecule has 8 heteroatoms. The van der Waals surface area contributed by atoms with Crippen molar-refractivity contribution in [1.29, 1.82) is 0 Å². The average molecular weight is 347 g/mol. The van der Waals surface area contributed by atoms with Gasteiger partial charge in [0.05, 0.1) is 5.02 Å². The fourth-order valence-electron chi connectivity index (χ4n) is 2.44. The Bertz CT molecular complexity index is 627. The molecule has 1 aliphatic rings. The van der Waals surface area contributed by atoms with Crippen molar-refractivity contribution in [2.45, 2.75) is 17.7 Å². The van der Waals surface area contributed by atoms with E-state index in [0.29, 0.717) is 39.1 Å². The van der Waals surface area contributed by atoms with Gasteiger partial charge in [-0.05, 0) is 25.1 Å². The van der Waals surface area contributed by atoms with E-state index in [1.54, 1.807) is 18.2 Å². The fourth-order valence-corrected chi connectivity index (χ4v) is 4.36. The molecule has 1 aromatic rings. The maximum absolute atomic E-state index is 12.6. The maximum Gasteiger partial charge on any atom is 0.303 e. The first-order valence-corrected chi connectivity index (χ1v) is 8.92. The molecule has 1 fully saturated rings. The van der Waals surface area contributed by atoms with Gasteiger partial charge in [0.15, 0.2) is 0 Å². The van der Waals surface area contributed by atoms with E-state index in [0.717, 1.165) is 0 Å². The van der Waals surface area contributed by atoms with E-state index in [9.17, 15) is 13.2 Å². The number of carboxylic acids is 1. The highest BCUT2D eigenvalue weighted by Crippen LogP contribution is 2.24. The number of benzene rings is 1. The normalized spacial score (nSPS) is 17.5. The minimum Gasteiger partial charge on any atom is -0.481 e. The van der Waals surface area contributed by atoms with Gasteiger partial charge in [0.2, 0.25) is 10.0 Å². The Labute approximate surface area is 135 Å². The van der Waals surface area contributed by atoms with E-state index in [4.69, 9.17) is 16.7 Å². The van der Waals surface area contributed by atoms with Crippen LogP contribution in [0.25, 0.3) is 0 Å². The van der Waals surface area contributed by atoms with Crippen LogP contribution in [-0.2, 0) is 14.8 Å². The highest BCUT2D eigenvalue weighted by atomic mass is 35.5. The molecule has 6 nitrogen and oxygen atoms in total. The van der Waals surface area contributed by atoms with Gasteiger partial charge in [-0.25, -0.2) is 8.42 Å². The predicted molar refractivity (Wildman–Crippen MR) is 83.5 cm³/mol. The third-order valence-corrected chi connectivity index (χ3v) is 6.05. The van der Waals surface area contributed by atoms with Gasteiger partial charge < -0.3 is 10.0 Å². The maximum atomic E-state index is 12.6. The molecule has 1 saturated heterocycles. The second-order valence-electron chi connectivity index (χ2n) is 5.17. The number of hydrogen-bond donors (Lipinski definition) is 1. The van der Waals surface area contributed by atoms with Crippen LogP contribution in [0.5, 0.6) is 0 Å². The van der Waals surface area contributed by atoms with Crippen LogP contribution in [0, 0.1) is 0 Å². The third-order valence-electron chi connectivity index (χ3n) is 3.65. The molecule has 0 aliphatic carbocycles. The number of carboxylic acid groups (broad SMARTS) is 1. The number of hydrogen-bond acceptors (Lipinski definition) is 4. The molecule has 1 aromatic carbocycles. The van der Waals surface area contributed by atoms with Crippen LogP contribution in [0.2, 0.25) is 5.02 Å². The van der Waals surface area contributed by atoms with Crippen LogP contribution in [0.1, 0.15) is 12.8 Å². The minimum atomic E-state index is -3.57. The van der Waals surface area contributed by atoms with Crippen LogP contribution < -0.4 is 0 Å². The molecule has 1 heterocycles. The van der Waals surface area contributed by atoms with Crippen molar-refractivity contribution >= 4 is 27.6 Å². The standard InChI is InChI=1S/C14H19ClN2O4S/c15-12-4-1-2-5-13(12)22(20,21)17-10-8-16(9-11-17)7-3-6-14(18)19/h1-2,4-5H,3,6-11H2,(H,18,19). The van der Waals surface area contributed by atoms with Gasteiger partial charge in [-0.2, -0.15) is 4.31 Å². The molecule has 0 radical (unpaired) electrons. The first-order valence-electron chi connectivity index (χ1n) is 7.10. The molecule has 1 aliphatic heterocycles. The summed E-state index contributed by atoms with van der Waals surface area (Å²) in [5, 5.41) is 8.85. The van der Waals surface area contributed by atoms with Crippen molar-refractivity contribution in [2.75, 3.05) is 32.7 Å². The summed E-state index contributed by atoms with van der Waals surface area (Å²) in [4.78, 5) is 12.7. The highest BCUT2D eigenvalue weighted by Gasteiger charge is 2.29. The summed E-state index contributed by atoms with van der Waals surface area (Å²) in [6, 6.07) is 6.43. The number of halogens is 1. The number of sulfonamides is 1. The Morgan fingerprint density at radius 3 is 2.41 bits per heavy atom. The van der Waals surface area contributed by atoms with E-state index in [2.05, 4.69) is 4.90 Å². The van der Waals surface area contributed by atoms with Gasteiger partial charge in [-0.1, -0.05) is 23.7 Å². The molecular formula is C14H19ClN2O4S. The van der Waals surface area contributed by atoms with Crippen molar-refractivity contribution in [1.82, 2.24) is 9.21 Å². The SMILES string of the molecule is O=C(O)CCCN1CCN(S(=O)(=O)c2ccccc2Cl)CC1. The Balaban J connectivity index is 1.94. The molecule has 2 rings (SSSR count). The van der Waals surface area contributed by atoms with Gasteiger partial charge >= 0.3 is 5.97 Å². The van der Waals surface area contributed by atoms with Crippen LogP contribution in [0.4, 0.5) is 0 Å². The minimum absolute atomic E-state index is 0.135. The van der Waals surface area contributed by atoms with Gasteiger partial charge in [0, 0.05) is 32.6 Å². The third kappa shape index (κ3) is 4.19. The lowest BCUT2D eigenvalue weighted by molar-refractivity contribution is -0.137. The Morgan fingerprint density at radius 1 is 1.18 bits per heavy atom. The first-order chi connectivity index (χ1) is 10.4. The zero-order valence-corrected chi connectivity index (χ0v) is 13.7. The summed E-state index contributed by atoms with van der Waals surface area (Å²) in [6.45, 7) is 2.65. The molecule has 0 spiro atoms. The van der Waals surface area contributed by atoms with E-state index in [-0.39, 0.29) is 16.3 Å². The van der Waals surface area contributed by atoms with Gasteiger partial charge in [0.1, 0.15) is 4.90 Å². The number of aliphatic carboxylic acids is 1. The lowest BCUT2D eigenvalue weighted by Crippen LogP contribution is -2.48. The zero-order chi connectivity index (χ0) is 16.2. The fraction of sp³-hybridized carbons (Fsp3) is 0.500. The molecule has 0 amide bonds. The lowest BCUT2D eigenvalue weighted by Gasteiger charge is -2.34. The molecule has 122 valence electrons. The van der Waals surface area contributed by atoms with Crippen LogP contribution >= 0.6 is 11.6 Å². The molecular weight excluding hydrogens is 328 g/mol. The van der Waals surface area contributed by atoms with Crippen molar-refractivity contribution < 1.29 is 18.3 Å². The number of rotatable bonds is 6. The Morgan fingerprint density at radius 2 is 1.82 bits per heavy atom. The second kappa shape index (κ2) is 7.41. The van der Waals surface area contributed by atoms with Crippen molar-refractivity contribution in [3.05, 3.63) is 29.3 Å². The number of nitrogens with zero attached hydrogens (tertiary/aromatic N) is 2. The van der Waals surface area contributed by atoms with Crippen LogP contribution in [-0.4, -0.2) is 61.4 Å². The van der Waals surface area contributed by atoms with Crippen LogP contribution in [0.3, 0.4) is 0 Å². The highest BCUT2D eigenvalue weighted by molar-refractivity contribution is 7.89. The van der Waals surface area contributed by atoms with E-state index >= 15 is 0 Å². The smallest absolute Gasteiger partial charge is 0.303 e. The van der Waals surface area contributed by atoms with Gasteiger partial charge in [-0.15, -0.1) is 0 Å². The summed E-state index contributed by atoms with van der Waals surface area (Å²) in [7, 11) is -3.57. The summed E-state index contributed by atoms with van der Waals surface area (Å²) >= 11 is 5.98. The van der Waals surface area contributed by atoms with Gasteiger partial charge in [0.25, 0.3) is 0 Å². The Hall–Kier alpha value is -1.15. The summed E-state index contributed by atoms with van der Waals surface area (Å²) in [5.74, 6) is -0.806. The molecule has 0 atom stereocenters. The second-order valence-corrected chi connectivity index (χ2v) is 7.49. The number of piperazine rings is 1. The van der Waals surface area contributed by atoms with Crippen molar-refractivity contribution in [3.8, 4) is 0 Å². The van der Waals surface area contributed by atoms with E-state index in [1.807, 2.05) is 0 Å². The average Bonchev–Trinajstić information content (AvgIpc) is 2.47. The lowest BCUT2D eigenvalue weighted by atomic mass is 10.2. The van der Waals surface area contributed by atoms with E-state index < -0.39 is 16.0 Å². The molecule has 0 aromatic heterocycles. The summed E-state index contributed by atoms with van der Waals surface area (Å²) < 4.78 is 26.6. The zero-order valence-electron chi connectivity index (χ0n) is 12.1. The monoisotopic (exact) mass is 346 g/mol. The van der Waals surface area contributed by atoms with Crippen LogP contribution in [0.15, 0.2) is 29.2 Å².